The summed E-state index contributed by atoms with van der Waals surface area (Å²) in [6.07, 6.45) is 0.523. The third-order valence-electron chi connectivity index (χ3n) is 2.98. The van der Waals surface area contributed by atoms with Crippen molar-refractivity contribution in [2.24, 2.45) is 0 Å². The summed E-state index contributed by atoms with van der Waals surface area (Å²) in [7, 11) is 0. The Bertz CT molecular complexity index is 749. The minimum absolute atomic E-state index is 0.316. The number of nitrogens with two attached hydrogens (primary N) is 1. The molecule has 6 heteroatoms. The molecule has 3 aromatic rings. The van der Waals surface area contributed by atoms with Gasteiger partial charge in [0.05, 0.1) is 22.0 Å². The predicted molar refractivity (Wildman–Crippen MR) is 83.4 cm³/mol. The smallest absolute Gasteiger partial charge is 0.250 e. The van der Waals surface area contributed by atoms with E-state index in [9.17, 15) is 0 Å². The van der Waals surface area contributed by atoms with Gasteiger partial charge in [-0.15, -0.1) is 10.2 Å². The van der Waals surface area contributed by atoms with Crippen molar-refractivity contribution >= 4 is 28.9 Å². The summed E-state index contributed by atoms with van der Waals surface area (Å²) in [5, 5.41) is 8.99. The highest BCUT2D eigenvalue weighted by atomic mass is 35.5. The average Bonchev–Trinajstić information content (AvgIpc) is 2.89. The number of rotatable bonds is 3. The van der Waals surface area contributed by atoms with Gasteiger partial charge in [-0.1, -0.05) is 41.4 Å². The van der Waals surface area contributed by atoms with Crippen LogP contribution in [0.15, 0.2) is 46.9 Å². The fourth-order valence-corrected chi connectivity index (χ4v) is 2.50. The molecule has 0 amide bonds. The molecule has 0 bridgehead atoms. The van der Waals surface area contributed by atoms with E-state index in [1.165, 1.54) is 0 Å². The van der Waals surface area contributed by atoms with Gasteiger partial charge in [-0.25, -0.2) is 0 Å². The van der Waals surface area contributed by atoms with Crippen molar-refractivity contribution < 1.29 is 4.42 Å². The maximum Gasteiger partial charge on any atom is 0.250 e. The van der Waals surface area contributed by atoms with Gasteiger partial charge in [-0.2, -0.15) is 0 Å². The van der Waals surface area contributed by atoms with Crippen LogP contribution in [0, 0.1) is 0 Å². The third kappa shape index (κ3) is 3.01. The van der Waals surface area contributed by atoms with Crippen LogP contribution in [0.3, 0.4) is 0 Å². The molecule has 1 aromatic heterocycles. The quantitative estimate of drug-likeness (QED) is 0.734. The van der Waals surface area contributed by atoms with Crippen LogP contribution in [-0.4, -0.2) is 10.2 Å². The molecule has 2 aromatic carbocycles. The van der Waals surface area contributed by atoms with Crippen molar-refractivity contribution in [2.45, 2.75) is 6.42 Å². The van der Waals surface area contributed by atoms with E-state index in [1.54, 1.807) is 18.2 Å². The molecule has 0 aliphatic carbocycles. The first kappa shape index (κ1) is 13.9. The zero-order valence-electron chi connectivity index (χ0n) is 10.9. The number of halogens is 2. The van der Waals surface area contributed by atoms with E-state index in [0.29, 0.717) is 39.5 Å². The first-order chi connectivity index (χ1) is 10.1. The molecule has 0 spiro atoms. The van der Waals surface area contributed by atoms with E-state index in [0.717, 1.165) is 5.56 Å². The highest BCUT2D eigenvalue weighted by Crippen LogP contribution is 2.33. The molecule has 0 saturated heterocycles. The summed E-state index contributed by atoms with van der Waals surface area (Å²) >= 11 is 12.2. The molecule has 0 aliphatic rings. The van der Waals surface area contributed by atoms with Gasteiger partial charge in [0, 0.05) is 5.69 Å². The van der Waals surface area contributed by atoms with Crippen LogP contribution >= 0.6 is 23.2 Å². The highest BCUT2D eigenvalue weighted by Gasteiger charge is 2.15. The molecule has 0 saturated carbocycles. The van der Waals surface area contributed by atoms with Gasteiger partial charge < -0.3 is 10.2 Å². The standard InChI is InChI=1S/C15H11Cl2N3O/c16-11-2-1-3-12(17)14(11)15-20-19-13(21-15)8-9-4-6-10(18)7-5-9/h1-7H,8,18H2. The molecular weight excluding hydrogens is 309 g/mol. The van der Waals surface area contributed by atoms with E-state index >= 15 is 0 Å². The normalized spacial score (nSPS) is 10.8. The maximum absolute atomic E-state index is 6.12. The Balaban J connectivity index is 1.88. The number of nitrogen functional groups attached to an aromatic ring is 1. The lowest BCUT2D eigenvalue weighted by molar-refractivity contribution is 0.518. The molecule has 2 N–H and O–H groups in total. The van der Waals surface area contributed by atoms with E-state index < -0.39 is 0 Å². The summed E-state index contributed by atoms with van der Waals surface area (Å²) in [5.74, 6) is 0.807. The molecular formula is C15H11Cl2N3O. The monoisotopic (exact) mass is 319 g/mol. The van der Waals surface area contributed by atoms with Crippen LogP contribution < -0.4 is 5.73 Å². The maximum atomic E-state index is 6.12. The van der Waals surface area contributed by atoms with E-state index in [-0.39, 0.29) is 0 Å². The summed E-state index contributed by atoms with van der Waals surface area (Å²) in [6, 6.07) is 12.7. The van der Waals surface area contributed by atoms with Crippen LogP contribution in [0.25, 0.3) is 11.5 Å². The van der Waals surface area contributed by atoms with Gasteiger partial charge >= 0.3 is 0 Å². The summed E-state index contributed by atoms with van der Waals surface area (Å²) in [4.78, 5) is 0. The fraction of sp³-hybridized carbons (Fsp3) is 0.0667. The number of hydrogen-bond donors (Lipinski definition) is 1. The molecule has 0 atom stereocenters. The Morgan fingerprint density at radius 2 is 1.62 bits per heavy atom. The Kier molecular flexibility index (Phi) is 3.82. The molecule has 3 rings (SSSR count). The van der Waals surface area contributed by atoms with Crippen molar-refractivity contribution in [2.75, 3.05) is 5.73 Å². The fourth-order valence-electron chi connectivity index (χ4n) is 1.94. The second-order valence-corrected chi connectivity index (χ2v) is 5.33. The number of anilines is 1. The second kappa shape index (κ2) is 5.76. The summed E-state index contributed by atoms with van der Waals surface area (Å²) in [6.45, 7) is 0. The number of aromatic nitrogens is 2. The van der Waals surface area contributed by atoms with E-state index in [2.05, 4.69) is 10.2 Å². The van der Waals surface area contributed by atoms with Gasteiger partial charge in [0.2, 0.25) is 5.89 Å². The van der Waals surface area contributed by atoms with Crippen molar-refractivity contribution in [3.63, 3.8) is 0 Å². The lowest BCUT2D eigenvalue weighted by Gasteiger charge is -2.01. The van der Waals surface area contributed by atoms with Crippen molar-refractivity contribution in [1.29, 1.82) is 0 Å². The molecule has 0 unspecified atom stereocenters. The summed E-state index contributed by atoms with van der Waals surface area (Å²) in [5.41, 5.74) is 7.95. The van der Waals surface area contributed by atoms with Crippen LogP contribution in [0.4, 0.5) is 5.69 Å². The minimum atomic E-state index is 0.316. The SMILES string of the molecule is Nc1ccc(Cc2nnc(-c3c(Cl)cccc3Cl)o2)cc1. The van der Waals surface area contributed by atoms with Crippen LogP contribution in [0.2, 0.25) is 10.0 Å². The largest absolute Gasteiger partial charge is 0.420 e. The lowest BCUT2D eigenvalue weighted by Crippen LogP contribution is -1.90. The molecule has 0 radical (unpaired) electrons. The van der Waals surface area contributed by atoms with Gasteiger partial charge in [-0.05, 0) is 29.8 Å². The van der Waals surface area contributed by atoms with Crippen LogP contribution in [0.1, 0.15) is 11.5 Å². The van der Waals surface area contributed by atoms with E-state index in [1.807, 2.05) is 24.3 Å². The lowest BCUT2D eigenvalue weighted by atomic mass is 10.1. The van der Waals surface area contributed by atoms with Crippen molar-refractivity contribution in [3.05, 3.63) is 64.0 Å². The molecule has 0 aliphatic heterocycles. The number of hydrogen-bond acceptors (Lipinski definition) is 4. The van der Waals surface area contributed by atoms with Gasteiger partial charge in [0.1, 0.15) is 0 Å². The average molecular weight is 320 g/mol. The first-order valence-electron chi connectivity index (χ1n) is 6.24. The van der Waals surface area contributed by atoms with E-state index in [4.69, 9.17) is 33.4 Å². The highest BCUT2D eigenvalue weighted by molar-refractivity contribution is 6.38. The van der Waals surface area contributed by atoms with Crippen molar-refractivity contribution in [1.82, 2.24) is 10.2 Å². The van der Waals surface area contributed by atoms with Gasteiger partial charge in [0.15, 0.2) is 0 Å². The zero-order chi connectivity index (χ0) is 14.8. The number of benzene rings is 2. The molecule has 106 valence electrons. The Hall–Kier alpha value is -2.04. The van der Waals surface area contributed by atoms with Gasteiger partial charge in [-0.3, -0.25) is 0 Å². The summed E-state index contributed by atoms with van der Waals surface area (Å²) < 4.78 is 5.64. The molecule has 0 fully saturated rings. The minimum Gasteiger partial charge on any atom is -0.420 e. The molecule has 1 heterocycles. The van der Waals surface area contributed by atoms with Crippen LogP contribution in [-0.2, 0) is 6.42 Å². The Morgan fingerprint density at radius 3 is 2.29 bits per heavy atom. The number of nitrogens with zero attached hydrogens (tertiary/aromatic N) is 2. The zero-order valence-corrected chi connectivity index (χ0v) is 12.4. The second-order valence-electron chi connectivity index (χ2n) is 4.52. The Labute approximate surface area is 131 Å². The Morgan fingerprint density at radius 1 is 0.952 bits per heavy atom. The topological polar surface area (TPSA) is 64.9 Å². The molecule has 4 nitrogen and oxygen atoms in total. The van der Waals surface area contributed by atoms with Gasteiger partial charge in [0.25, 0.3) is 5.89 Å². The first-order valence-corrected chi connectivity index (χ1v) is 7.00. The van der Waals surface area contributed by atoms with Crippen LogP contribution in [0.5, 0.6) is 0 Å². The molecule has 21 heavy (non-hydrogen) atoms. The third-order valence-corrected chi connectivity index (χ3v) is 3.61. The van der Waals surface area contributed by atoms with Crippen molar-refractivity contribution in [3.8, 4) is 11.5 Å². The predicted octanol–water partition coefficient (Wildman–Crippen LogP) is 4.22.